The van der Waals surface area contributed by atoms with Gasteiger partial charge in [0.25, 0.3) is 0 Å². The van der Waals surface area contributed by atoms with Crippen LogP contribution in [-0.2, 0) is 17.3 Å². The van der Waals surface area contributed by atoms with Crippen LogP contribution in [0.5, 0.6) is 0 Å². The minimum Gasteiger partial charge on any atom is -0.384 e. The highest BCUT2D eigenvalue weighted by molar-refractivity contribution is 8.24. The minimum absolute atomic E-state index is 0.130. The number of methoxy groups -OCH3 is 1. The second kappa shape index (κ2) is 10.3. The Balaban J connectivity index is 1.55. The molecule has 2 aliphatic rings. The first-order chi connectivity index (χ1) is 16.6. The monoisotopic (exact) mass is 518 g/mol. The van der Waals surface area contributed by atoms with Crippen LogP contribution in [0, 0.1) is 0 Å². The van der Waals surface area contributed by atoms with Crippen molar-refractivity contribution in [3.63, 3.8) is 0 Å². The normalized spacial score (nSPS) is 23.8. The van der Waals surface area contributed by atoms with Crippen LogP contribution >= 0.6 is 10.6 Å². The number of aromatic nitrogens is 2. The lowest BCUT2D eigenvalue weighted by Gasteiger charge is -2.44. The van der Waals surface area contributed by atoms with Crippen LogP contribution in [0.3, 0.4) is 0 Å². The van der Waals surface area contributed by atoms with Gasteiger partial charge >= 0.3 is 12.2 Å². The second-order valence-electron chi connectivity index (χ2n) is 8.93. The van der Waals surface area contributed by atoms with E-state index in [-0.39, 0.29) is 42.5 Å². The maximum absolute atomic E-state index is 13.3. The van der Waals surface area contributed by atoms with Gasteiger partial charge < -0.3 is 19.1 Å². The van der Waals surface area contributed by atoms with Gasteiger partial charge in [-0.05, 0) is 24.1 Å². The van der Waals surface area contributed by atoms with Crippen molar-refractivity contribution in [2.75, 3.05) is 51.4 Å². The van der Waals surface area contributed by atoms with E-state index in [4.69, 9.17) is 9.26 Å². The zero-order chi connectivity index (χ0) is 25.2. The van der Waals surface area contributed by atoms with Crippen LogP contribution in [0.2, 0.25) is 0 Å². The number of likely N-dealkylation sites (tertiary alicyclic amines) is 1. The summed E-state index contributed by atoms with van der Waals surface area (Å²) in [5, 5.41) is 3.98. The Kier molecular flexibility index (Phi) is 7.60. The summed E-state index contributed by atoms with van der Waals surface area (Å²) in [5.74, 6) is 0.583. The van der Waals surface area contributed by atoms with E-state index in [2.05, 4.69) is 10.1 Å². The highest BCUT2D eigenvalue weighted by Crippen LogP contribution is 2.41. The van der Waals surface area contributed by atoms with Gasteiger partial charge in [0.1, 0.15) is 0 Å². The third kappa shape index (κ3) is 6.26. The van der Waals surface area contributed by atoms with E-state index in [1.165, 1.54) is 12.1 Å². The number of nitrogens with zero attached hydrogens (tertiary/aromatic N) is 4. The Labute approximate surface area is 202 Å². The van der Waals surface area contributed by atoms with E-state index in [1.54, 1.807) is 16.9 Å². The molecule has 2 aliphatic heterocycles. The number of hydrogen-bond donors (Lipinski definition) is 2. The molecule has 2 aromatic rings. The zero-order valence-electron chi connectivity index (χ0n) is 19.3. The Hall–Kier alpha value is -2.35. The molecule has 0 saturated carbocycles. The van der Waals surface area contributed by atoms with Crippen LogP contribution in [-0.4, -0.2) is 86.5 Å². The fourth-order valence-corrected chi connectivity index (χ4v) is 5.70. The molecule has 2 atom stereocenters. The summed E-state index contributed by atoms with van der Waals surface area (Å²) in [7, 11) is -1.09. The summed E-state index contributed by atoms with van der Waals surface area (Å²) in [4.78, 5) is 21.0. The largest absolute Gasteiger partial charge is 0.416 e. The van der Waals surface area contributed by atoms with Crippen LogP contribution < -0.4 is 0 Å². The third-order valence-corrected chi connectivity index (χ3v) is 8.11. The molecule has 2 fully saturated rings. The topological polar surface area (TPSA) is 112 Å². The van der Waals surface area contributed by atoms with E-state index in [0.29, 0.717) is 49.8 Å². The van der Waals surface area contributed by atoms with Crippen molar-refractivity contribution >= 4 is 16.6 Å². The maximum Gasteiger partial charge on any atom is 0.416 e. The molecule has 2 amide bonds. The van der Waals surface area contributed by atoms with E-state index in [0.717, 1.165) is 12.1 Å². The van der Waals surface area contributed by atoms with E-state index in [9.17, 15) is 27.1 Å². The fraction of sp³-hybridized carbons (Fsp3) is 0.591. The van der Waals surface area contributed by atoms with Gasteiger partial charge in [0.15, 0.2) is 5.82 Å². The maximum atomic E-state index is 13.3. The predicted octanol–water partition coefficient (Wildman–Crippen LogP) is 4.04. The van der Waals surface area contributed by atoms with Gasteiger partial charge in [0.05, 0.1) is 29.6 Å². The smallest absolute Gasteiger partial charge is 0.384 e. The summed E-state index contributed by atoms with van der Waals surface area (Å²) in [5.41, 5.74) is -0.0408. The first-order valence-corrected chi connectivity index (χ1v) is 13.2. The zero-order valence-corrected chi connectivity index (χ0v) is 20.1. The van der Waals surface area contributed by atoms with Gasteiger partial charge in [-0.1, -0.05) is 17.3 Å². The van der Waals surface area contributed by atoms with Crippen LogP contribution in [0.4, 0.5) is 18.0 Å². The van der Waals surface area contributed by atoms with E-state index < -0.39 is 22.3 Å². The molecule has 9 nitrogen and oxygen atoms in total. The first kappa shape index (κ1) is 25.7. The Morgan fingerprint density at radius 2 is 1.80 bits per heavy atom. The van der Waals surface area contributed by atoms with Gasteiger partial charge in [-0.3, -0.25) is 9.11 Å². The fourth-order valence-electron chi connectivity index (χ4n) is 4.47. The molecule has 13 heteroatoms. The van der Waals surface area contributed by atoms with Gasteiger partial charge in [-0.25, -0.2) is 4.79 Å². The Morgan fingerprint density at radius 1 is 1.14 bits per heavy atom. The van der Waals surface area contributed by atoms with Gasteiger partial charge in [-0.15, -0.1) is 0 Å². The average Bonchev–Trinajstić information content (AvgIpc) is 3.31. The summed E-state index contributed by atoms with van der Waals surface area (Å²) in [6.07, 6.45) is -3.43. The minimum atomic E-state index is -4.43. The number of amides is 2. The number of carbonyl (C=O) groups is 1. The molecule has 194 valence electrons. The number of ether oxygens (including phenoxy) is 1. The Bertz CT molecular complexity index is 1010. The number of piperidine rings is 1. The van der Waals surface area contributed by atoms with Gasteiger partial charge in [0, 0.05) is 45.6 Å². The number of hydrogen-bond acceptors (Lipinski definition) is 7. The number of halogens is 3. The summed E-state index contributed by atoms with van der Waals surface area (Å²) < 4.78 is 69.4. The molecule has 1 aromatic heterocycles. The second-order valence-corrected chi connectivity index (χ2v) is 11.3. The molecule has 0 radical (unpaired) electrons. The standard InChI is InChI=1S/C22H29F3N4O5S/c1-33-9-6-19-26-20(34-27-19)17-12-16(15-2-4-18(5-3-15)22(23,24)25)13-29(14-17)21(30)28-7-10-35(31,32)11-8-28/h2-5,16-17,31-32H,6-14H2,1H3. The molecular weight excluding hydrogens is 489 g/mol. The third-order valence-electron chi connectivity index (χ3n) is 6.44. The number of benzene rings is 1. The average molecular weight is 519 g/mol. The van der Waals surface area contributed by atoms with Crippen LogP contribution in [0.1, 0.15) is 41.1 Å². The molecule has 1 aromatic carbocycles. The lowest BCUT2D eigenvalue weighted by Crippen LogP contribution is -2.52. The summed E-state index contributed by atoms with van der Waals surface area (Å²) in [6, 6.07) is 4.76. The van der Waals surface area contributed by atoms with E-state index >= 15 is 0 Å². The van der Waals surface area contributed by atoms with Crippen molar-refractivity contribution in [3.05, 3.63) is 47.1 Å². The molecule has 2 saturated heterocycles. The number of carbonyl (C=O) groups excluding carboxylic acids is 1. The molecule has 2 unspecified atom stereocenters. The Morgan fingerprint density at radius 3 is 2.43 bits per heavy atom. The molecule has 35 heavy (non-hydrogen) atoms. The first-order valence-electron chi connectivity index (χ1n) is 11.3. The molecule has 4 rings (SSSR count). The molecular formula is C22H29F3N4O5S. The molecule has 0 bridgehead atoms. The van der Waals surface area contributed by atoms with E-state index in [1.807, 2.05) is 0 Å². The molecule has 0 spiro atoms. The van der Waals surface area contributed by atoms with Crippen molar-refractivity contribution in [1.29, 1.82) is 0 Å². The highest BCUT2D eigenvalue weighted by Gasteiger charge is 2.38. The van der Waals surface area contributed by atoms with Crippen molar-refractivity contribution in [3.8, 4) is 0 Å². The number of alkyl halides is 3. The SMILES string of the molecule is COCCc1noc(C2CC(c3ccc(C(F)(F)F)cc3)CN(C(=O)N3CCS(O)(O)CC3)C2)n1. The quantitative estimate of drug-likeness (QED) is 0.615. The lowest BCUT2D eigenvalue weighted by atomic mass is 9.84. The predicted molar refractivity (Wildman–Crippen MR) is 123 cm³/mol. The lowest BCUT2D eigenvalue weighted by molar-refractivity contribution is -0.137. The van der Waals surface area contributed by atoms with Crippen molar-refractivity contribution in [2.45, 2.75) is 30.9 Å². The van der Waals surface area contributed by atoms with Crippen molar-refractivity contribution in [1.82, 2.24) is 19.9 Å². The van der Waals surface area contributed by atoms with Gasteiger partial charge in [-0.2, -0.15) is 28.7 Å². The summed E-state index contributed by atoms with van der Waals surface area (Å²) >= 11 is 0. The van der Waals surface area contributed by atoms with Crippen LogP contribution in [0.15, 0.2) is 28.8 Å². The number of rotatable bonds is 5. The summed E-state index contributed by atoms with van der Waals surface area (Å²) in [6.45, 7) is 1.52. The van der Waals surface area contributed by atoms with Crippen molar-refractivity contribution < 1.29 is 36.3 Å². The molecule has 2 N–H and O–H groups in total. The molecule has 0 aliphatic carbocycles. The van der Waals surface area contributed by atoms with Crippen molar-refractivity contribution in [2.24, 2.45) is 0 Å². The molecule has 3 heterocycles. The number of urea groups is 1. The van der Waals surface area contributed by atoms with Crippen LogP contribution in [0.25, 0.3) is 0 Å². The highest BCUT2D eigenvalue weighted by atomic mass is 32.3. The van der Waals surface area contributed by atoms with Gasteiger partial charge in [0.2, 0.25) is 5.89 Å².